The first-order chi connectivity index (χ1) is 12.0. The van der Waals surface area contributed by atoms with Crippen LogP contribution >= 0.6 is 11.3 Å². The highest BCUT2D eigenvalue weighted by atomic mass is 32.1. The van der Waals surface area contributed by atoms with Crippen molar-refractivity contribution in [2.75, 3.05) is 19.0 Å². The van der Waals surface area contributed by atoms with Crippen molar-refractivity contribution in [3.05, 3.63) is 75.9 Å². The number of thiophene rings is 1. The van der Waals surface area contributed by atoms with E-state index in [0.29, 0.717) is 22.7 Å². The van der Waals surface area contributed by atoms with Crippen molar-refractivity contribution in [3.8, 4) is 0 Å². The fourth-order valence-corrected chi connectivity index (χ4v) is 3.20. The van der Waals surface area contributed by atoms with Crippen molar-refractivity contribution in [1.29, 1.82) is 0 Å². The number of hydrogen-bond acceptors (Lipinski definition) is 5. The lowest BCUT2D eigenvalue weighted by Gasteiger charge is -2.12. The second-order valence-electron chi connectivity index (χ2n) is 5.70. The molecule has 0 aliphatic heterocycles. The van der Waals surface area contributed by atoms with Gasteiger partial charge in [-0.05, 0) is 48.5 Å². The van der Waals surface area contributed by atoms with E-state index in [1.807, 2.05) is 37.2 Å². The van der Waals surface area contributed by atoms with Crippen LogP contribution in [0.5, 0.6) is 0 Å². The number of furan rings is 1. The van der Waals surface area contributed by atoms with Crippen LogP contribution in [0.1, 0.15) is 30.7 Å². The summed E-state index contributed by atoms with van der Waals surface area (Å²) in [5, 5.41) is 2.87. The number of benzene rings is 1. The predicted octanol–water partition coefficient (Wildman–Crippen LogP) is 3.57. The van der Waals surface area contributed by atoms with Crippen LogP contribution in [0, 0.1) is 0 Å². The van der Waals surface area contributed by atoms with Crippen molar-refractivity contribution in [3.63, 3.8) is 0 Å². The minimum Gasteiger partial charge on any atom is -0.461 e. The van der Waals surface area contributed by atoms with Gasteiger partial charge in [0.15, 0.2) is 5.76 Å². The smallest absolute Gasteiger partial charge is 0.251 e. The molecule has 25 heavy (non-hydrogen) atoms. The van der Waals surface area contributed by atoms with Gasteiger partial charge in [-0.2, -0.15) is 0 Å². The number of amides is 1. The maximum Gasteiger partial charge on any atom is 0.251 e. The molecule has 0 spiro atoms. The first-order valence-corrected chi connectivity index (χ1v) is 8.59. The molecule has 1 aromatic carbocycles. The molecule has 0 saturated carbocycles. The van der Waals surface area contributed by atoms with E-state index in [4.69, 9.17) is 4.42 Å². The largest absolute Gasteiger partial charge is 0.461 e. The molecule has 0 fully saturated rings. The maximum absolute atomic E-state index is 12.2. The van der Waals surface area contributed by atoms with Gasteiger partial charge >= 0.3 is 0 Å². The molecule has 3 rings (SSSR count). The van der Waals surface area contributed by atoms with Crippen LogP contribution in [-0.2, 0) is 6.54 Å². The second-order valence-corrected chi connectivity index (χ2v) is 6.86. The van der Waals surface area contributed by atoms with Gasteiger partial charge in [-0.25, -0.2) is 0 Å². The Labute approximate surface area is 149 Å². The van der Waals surface area contributed by atoms with Gasteiger partial charge in [0.05, 0.1) is 17.7 Å². The molecule has 6 heteroatoms. The molecule has 0 atom stereocenters. The average molecular weight is 354 g/mol. The summed E-state index contributed by atoms with van der Waals surface area (Å²) in [5.74, 6) is 0.0304. The van der Waals surface area contributed by atoms with Crippen LogP contribution in [0.15, 0.2) is 59.2 Å². The van der Waals surface area contributed by atoms with E-state index in [1.54, 1.807) is 30.3 Å². The third-order valence-corrected chi connectivity index (χ3v) is 4.78. The normalized spacial score (nSPS) is 10.5. The van der Waals surface area contributed by atoms with Crippen LogP contribution < -0.4 is 10.2 Å². The van der Waals surface area contributed by atoms with Gasteiger partial charge < -0.3 is 14.6 Å². The van der Waals surface area contributed by atoms with Crippen LogP contribution in [-0.4, -0.2) is 25.8 Å². The zero-order valence-corrected chi connectivity index (χ0v) is 14.8. The summed E-state index contributed by atoms with van der Waals surface area (Å²) in [6.45, 7) is 0.379. The van der Waals surface area contributed by atoms with Gasteiger partial charge in [-0.3, -0.25) is 9.59 Å². The van der Waals surface area contributed by atoms with E-state index in [2.05, 4.69) is 5.32 Å². The lowest BCUT2D eigenvalue weighted by Crippen LogP contribution is -2.22. The molecule has 2 heterocycles. The average Bonchev–Trinajstić information content (AvgIpc) is 3.31. The Bertz CT molecular complexity index is 864. The fraction of sp³-hybridized carbons (Fsp3) is 0.158. The zero-order chi connectivity index (χ0) is 17.8. The van der Waals surface area contributed by atoms with E-state index >= 15 is 0 Å². The van der Waals surface area contributed by atoms with Gasteiger partial charge in [-0.15, -0.1) is 11.3 Å². The number of ketones is 1. The molecular weight excluding hydrogens is 336 g/mol. The number of carbonyl (C=O) groups excluding carboxylic acids is 2. The second kappa shape index (κ2) is 7.36. The summed E-state index contributed by atoms with van der Waals surface area (Å²) < 4.78 is 5.13. The number of carbonyl (C=O) groups is 2. The molecule has 3 aromatic rings. The summed E-state index contributed by atoms with van der Waals surface area (Å²) in [4.78, 5) is 27.9. The van der Waals surface area contributed by atoms with Crippen LogP contribution in [0.2, 0.25) is 0 Å². The Morgan fingerprint density at radius 2 is 1.84 bits per heavy atom. The highest BCUT2D eigenvalue weighted by molar-refractivity contribution is 7.14. The zero-order valence-electron chi connectivity index (χ0n) is 14.0. The van der Waals surface area contributed by atoms with E-state index in [0.717, 1.165) is 10.6 Å². The van der Waals surface area contributed by atoms with E-state index in [-0.39, 0.29) is 11.7 Å². The van der Waals surface area contributed by atoms with Crippen molar-refractivity contribution in [2.45, 2.75) is 6.54 Å². The molecule has 0 saturated heterocycles. The molecule has 0 radical (unpaired) electrons. The van der Waals surface area contributed by atoms with E-state index in [9.17, 15) is 9.59 Å². The Balaban J connectivity index is 1.60. The molecule has 0 bridgehead atoms. The van der Waals surface area contributed by atoms with Crippen LogP contribution in [0.25, 0.3) is 0 Å². The Morgan fingerprint density at radius 3 is 2.48 bits per heavy atom. The number of nitrogens with one attached hydrogen (secondary N) is 1. The molecule has 2 aromatic heterocycles. The van der Waals surface area contributed by atoms with Gasteiger partial charge in [0, 0.05) is 30.2 Å². The van der Waals surface area contributed by atoms with Crippen molar-refractivity contribution in [2.24, 2.45) is 0 Å². The van der Waals surface area contributed by atoms with Gasteiger partial charge in [0.2, 0.25) is 5.78 Å². The topological polar surface area (TPSA) is 62.6 Å². The summed E-state index contributed by atoms with van der Waals surface area (Å²) in [7, 11) is 3.90. The Hall–Kier alpha value is -2.86. The lowest BCUT2D eigenvalue weighted by molar-refractivity contribution is 0.0950. The lowest BCUT2D eigenvalue weighted by atomic mass is 10.2. The minimum absolute atomic E-state index is 0.141. The number of nitrogens with zero attached hydrogens (tertiary/aromatic N) is 1. The molecular formula is C19H18N2O3S. The van der Waals surface area contributed by atoms with Crippen molar-refractivity contribution < 1.29 is 14.0 Å². The van der Waals surface area contributed by atoms with Crippen molar-refractivity contribution >= 4 is 28.7 Å². The SMILES string of the molecule is CN(C)c1ccc(C(=O)NCc2ccc(C(=O)c3ccco3)s2)cc1. The first kappa shape index (κ1) is 17.0. The third kappa shape index (κ3) is 3.97. The van der Waals surface area contributed by atoms with Gasteiger partial charge in [-0.1, -0.05) is 0 Å². The number of hydrogen-bond donors (Lipinski definition) is 1. The summed E-state index contributed by atoms with van der Waals surface area (Å²) >= 11 is 1.35. The Kier molecular flexibility index (Phi) is 5.00. The summed E-state index contributed by atoms with van der Waals surface area (Å²) in [5.41, 5.74) is 1.64. The monoisotopic (exact) mass is 354 g/mol. The fourth-order valence-electron chi connectivity index (χ4n) is 2.30. The molecule has 0 aliphatic carbocycles. The molecule has 5 nitrogen and oxygen atoms in total. The standard InChI is InChI=1S/C19H18N2O3S/c1-21(2)14-7-5-13(6-8-14)19(23)20-12-15-9-10-17(25-15)18(22)16-4-3-11-24-16/h3-11H,12H2,1-2H3,(H,20,23). The first-order valence-electron chi connectivity index (χ1n) is 7.77. The van der Waals surface area contributed by atoms with Gasteiger partial charge in [0.1, 0.15) is 0 Å². The molecule has 0 aliphatic rings. The van der Waals surface area contributed by atoms with Gasteiger partial charge in [0.25, 0.3) is 5.91 Å². The number of anilines is 1. The minimum atomic E-state index is -0.146. The highest BCUT2D eigenvalue weighted by Gasteiger charge is 2.14. The van der Waals surface area contributed by atoms with Crippen LogP contribution in [0.3, 0.4) is 0 Å². The molecule has 0 unspecified atom stereocenters. The molecule has 1 amide bonds. The molecule has 1 N–H and O–H groups in total. The van der Waals surface area contributed by atoms with E-state index < -0.39 is 0 Å². The van der Waals surface area contributed by atoms with E-state index in [1.165, 1.54) is 17.6 Å². The summed E-state index contributed by atoms with van der Waals surface area (Å²) in [6, 6.07) is 14.3. The molecule has 128 valence electrons. The third-order valence-electron chi connectivity index (χ3n) is 3.70. The quantitative estimate of drug-likeness (QED) is 0.688. The highest BCUT2D eigenvalue weighted by Crippen LogP contribution is 2.20. The van der Waals surface area contributed by atoms with Crippen LogP contribution in [0.4, 0.5) is 5.69 Å². The number of rotatable bonds is 6. The Morgan fingerprint density at radius 1 is 1.08 bits per heavy atom. The summed E-state index contributed by atoms with van der Waals surface area (Å²) in [6.07, 6.45) is 1.48. The predicted molar refractivity (Wildman–Crippen MR) is 98.4 cm³/mol. The van der Waals surface area contributed by atoms with Crippen molar-refractivity contribution in [1.82, 2.24) is 5.32 Å². The maximum atomic E-state index is 12.2.